The fraction of sp³-hybridized carbons (Fsp3) is 0.583. The molecule has 1 aromatic rings. The maximum absolute atomic E-state index is 12.0. The summed E-state index contributed by atoms with van der Waals surface area (Å²) in [4.78, 5) is 13.6. The highest BCUT2D eigenvalue weighted by molar-refractivity contribution is 5.95. The van der Waals surface area contributed by atoms with Crippen molar-refractivity contribution in [2.45, 2.75) is 33.3 Å². The number of aliphatic hydroxyl groups is 1. The highest BCUT2D eigenvalue weighted by Gasteiger charge is 2.17. The average molecular weight is 225 g/mol. The predicted molar refractivity (Wildman–Crippen MR) is 61.4 cm³/mol. The number of hydrogen-bond acceptors (Lipinski definition) is 3. The lowest BCUT2D eigenvalue weighted by Crippen LogP contribution is -2.29. The summed E-state index contributed by atoms with van der Waals surface area (Å²) in [6.45, 7) is 5.86. The molecule has 1 unspecified atom stereocenters. The van der Waals surface area contributed by atoms with Crippen molar-refractivity contribution in [3.8, 4) is 0 Å². The standard InChI is InChI=1S/C12H19NO3/c1-8(14)5-6-13(4)12(15)11-7-9(2)16-10(11)3/h7-8,14H,5-6H2,1-4H3. The number of hydrogen-bond donors (Lipinski definition) is 1. The second kappa shape index (κ2) is 5.16. The Hall–Kier alpha value is -1.29. The van der Waals surface area contributed by atoms with Gasteiger partial charge in [0.2, 0.25) is 0 Å². The van der Waals surface area contributed by atoms with Crippen LogP contribution < -0.4 is 0 Å². The van der Waals surface area contributed by atoms with Gasteiger partial charge in [0.1, 0.15) is 11.5 Å². The zero-order valence-corrected chi connectivity index (χ0v) is 10.3. The number of rotatable bonds is 4. The van der Waals surface area contributed by atoms with Crippen molar-refractivity contribution in [1.29, 1.82) is 0 Å². The fourth-order valence-electron chi connectivity index (χ4n) is 1.53. The van der Waals surface area contributed by atoms with Crippen molar-refractivity contribution < 1.29 is 14.3 Å². The molecule has 0 saturated carbocycles. The second-order valence-electron chi connectivity index (χ2n) is 4.19. The summed E-state index contributed by atoms with van der Waals surface area (Å²) in [5, 5.41) is 9.16. The van der Waals surface area contributed by atoms with Gasteiger partial charge < -0.3 is 14.4 Å². The van der Waals surface area contributed by atoms with E-state index >= 15 is 0 Å². The molecular weight excluding hydrogens is 206 g/mol. The van der Waals surface area contributed by atoms with E-state index in [4.69, 9.17) is 9.52 Å². The van der Waals surface area contributed by atoms with Crippen molar-refractivity contribution in [2.24, 2.45) is 0 Å². The summed E-state index contributed by atoms with van der Waals surface area (Å²) >= 11 is 0. The Kier molecular flexibility index (Phi) is 4.12. The summed E-state index contributed by atoms with van der Waals surface area (Å²) in [6.07, 6.45) is 0.195. The first-order valence-corrected chi connectivity index (χ1v) is 5.42. The molecule has 1 N–H and O–H groups in total. The van der Waals surface area contributed by atoms with Gasteiger partial charge in [0, 0.05) is 13.6 Å². The zero-order chi connectivity index (χ0) is 12.3. The number of carbonyl (C=O) groups is 1. The van der Waals surface area contributed by atoms with Crippen molar-refractivity contribution >= 4 is 5.91 Å². The molecule has 0 aliphatic heterocycles. The maximum atomic E-state index is 12.0. The van der Waals surface area contributed by atoms with Crippen LogP contribution in [0.2, 0.25) is 0 Å². The minimum absolute atomic E-state index is 0.0602. The van der Waals surface area contributed by atoms with E-state index in [1.807, 2.05) is 6.92 Å². The van der Waals surface area contributed by atoms with E-state index in [0.29, 0.717) is 24.3 Å². The van der Waals surface area contributed by atoms with Crippen LogP contribution in [0.5, 0.6) is 0 Å². The molecule has 0 saturated heterocycles. The molecule has 0 bridgehead atoms. The van der Waals surface area contributed by atoms with E-state index in [1.165, 1.54) is 0 Å². The van der Waals surface area contributed by atoms with E-state index in [-0.39, 0.29) is 12.0 Å². The quantitative estimate of drug-likeness (QED) is 0.849. The summed E-state index contributed by atoms with van der Waals surface area (Å²) in [7, 11) is 1.73. The average Bonchev–Trinajstić information content (AvgIpc) is 2.53. The largest absolute Gasteiger partial charge is 0.466 e. The number of furan rings is 1. The Labute approximate surface area is 95.9 Å². The molecular formula is C12H19NO3. The summed E-state index contributed by atoms with van der Waals surface area (Å²) in [5.74, 6) is 1.33. The molecule has 1 atom stereocenters. The molecule has 0 aliphatic rings. The van der Waals surface area contributed by atoms with Crippen LogP contribution in [0.3, 0.4) is 0 Å². The van der Waals surface area contributed by atoms with Crippen LogP contribution in [-0.4, -0.2) is 35.6 Å². The topological polar surface area (TPSA) is 53.7 Å². The molecule has 1 heterocycles. The normalized spacial score (nSPS) is 12.6. The van der Waals surface area contributed by atoms with Gasteiger partial charge in [0.25, 0.3) is 5.91 Å². The minimum atomic E-state index is -0.387. The first-order chi connectivity index (χ1) is 7.41. The third-order valence-electron chi connectivity index (χ3n) is 2.50. The molecule has 0 spiro atoms. The highest BCUT2D eigenvalue weighted by atomic mass is 16.3. The third kappa shape index (κ3) is 3.10. The molecule has 0 aliphatic carbocycles. The molecule has 1 aromatic heterocycles. The van der Waals surface area contributed by atoms with Gasteiger partial charge in [-0.15, -0.1) is 0 Å². The SMILES string of the molecule is Cc1cc(C(=O)N(C)CCC(C)O)c(C)o1. The Balaban J connectivity index is 2.67. The first-order valence-electron chi connectivity index (χ1n) is 5.42. The first kappa shape index (κ1) is 12.8. The van der Waals surface area contributed by atoms with Gasteiger partial charge in [0.15, 0.2) is 0 Å². The fourth-order valence-corrected chi connectivity index (χ4v) is 1.53. The lowest BCUT2D eigenvalue weighted by Gasteiger charge is -2.17. The summed E-state index contributed by atoms with van der Waals surface area (Å²) in [6, 6.07) is 1.75. The van der Waals surface area contributed by atoms with Gasteiger partial charge >= 0.3 is 0 Å². The number of nitrogens with zero attached hydrogens (tertiary/aromatic N) is 1. The number of aryl methyl sites for hydroxylation is 2. The highest BCUT2D eigenvalue weighted by Crippen LogP contribution is 2.15. The van der Waals surface area contributed by atoms with Crippen molar-refractivity contribution in [2.75, 3.05) is 13.6 Å². The smallest absolute Gasteiger partial charge is 0.257 e. The number of carbonyl (C=O) groups excluding carboxylic acids is 1. The monoisotopic (exact) mass is 225 g/mol. The second-order valence-corrected chi connectivity index (χ2v) is 4.19. The molecule has 16 heavy (non-hydrogen) atoms. The Morgan fingerprint density at radius 3 is 2.62 bits per heavy atom. The number of amides is 1. The molecule has 1 amide bonds. The van der Waals surface area contributed by atoms with Crippen LogP contribution in [0.4, 0.5) is 0 Å². The minimum Gasteiger partial charge on any atom is -0.466 e. The van der Waals surface area contributed by atoms with Crippen LogP contribution in [0.25, 0.3) is 0 Å². The van der Waals surface area contributed by atoms with E-state index in [9.17, 15) is 4.79 Å². The Bertz CT molecular complexity index is 368. The van der Waals surface area contributed by atoms with E-state index in [2.05, 4.69) is 0 Å². The van der Waals surface area contributed by atoms with Gasteiger partial charge in [-0.05, 0) is 33.3 Å². The maximum Gasteiger partial charge on any atom is 0.257 e. The molecule has 90 valence electrons. The van der Waals surface area contributed by atoms with Crippen molar-refractivity contribution in [3.05, 3.63) is 23.2 Å². The molecule has 0 fully saturated rings. The van der Waals surface area contributed by atoms with E-state index in [0.717, 1.165) is 5.76 Å². The predicted octanol–water partition coefficient (Wildman–Crippen LogP) is 1.74. The van der Waals surface area contributed by atoms with Gasteiger partial charge in [-0.2, -0.15) is 0 Å². The molecule has 4 nitrogen and oxygen atoms in total. The van der Waals surface area contributed by atoms with Crippen LogP contribution in [0.15, 0.2) is 10.5 Å². The van der Waals surface area contributed by atoms with E-state index < -0.39 is 0 Å². The molecule has 4 heteroatoms. The molecule has 0 aromatic carbocycles. The van der Waals surface area contributed by atoms with Gasteiger partial charge in [-0.1, -0.05) is 0 Å². The summed E-state index contributed by atoms with van der Waals surface area (Å²) in [5.41, 5.74) is 0.602. The zero-order valence-electron chi connectivity index (χ0n) is 10.3. The van der Waals surface area contributed by atoms with E-state index in [1.54, 1.807) is 31.9 Å². The molecule has 0 radical (unpaired) electrons. The summed E-state index contributed by atoms with van der Waals surface area (Å²) < 4.78 is 5.31. The van der Waals surface area contributed by atoms with Crippen LogP contribution in [0, 0.1) is 13.8 Å². The van der Waals surface area contributed by atoms with Crippen molar-refractivity contribution in [3.63, 3.8) is 0 Å². The van der Waals surface area contributed by atoms with Gasteiger partial charge in [0.05, 0.1) is 11.7 Å². The Morgan fingerprint density at radius 1 is 1.56 bits per heavy atom. The third-order valence-corrected chi connectivity index (χ3v) is 2.50. The van der Waals surface area contributed by atoms with Crippen LogP contribution in [-0.2, 0) is 0 Å². The van der Waals surface area contributed by atoms with Gasteiger partial charge in [-0.3, -0.25) is 4.79 Å². The number of aliphatic hydroxyl groups excluding tert-OH is 1. The van der Waals surface area contributed by atoms with Crippen LogP contribution >= 0.6 is 0 Å². The van der Waals surface area contributed by atoms with Gasteiger partial charge in [-0.25, -0.2) is 0 Å². The molecule has 1 rings (SSSR count). The van der Waals surface area contributed by atoms with Crippen LogP contribution in [0.1, 0.15) is 35.2 Å². The Morgan fingerprint density at radius 2 is 2.19 bits per heavy atom. The lowest BCUT2D eigenvalue weighted by atomic mass is 10.2. The lowest BCUT2D eigenvalue weighted by molar-refractivity contribution is 0.0767. The van der Waals surface area contributed by atoms with Crippen molar-refractivity contribution in [1.82, 2.24) is 4.90 Å².